The molecule has 0 amide bonds. The molecule has 0 aliphatic carbocycles. The lowest BCUT2D eigenvalue weighted by molar-refractivity contribution is 0.538. The molecule has 3 aromatic rings. The lowest BCUT2D eigenvalue weighted by atomic mass is 10.2. The van der Waals surface area contributed by atoms with Crippen molar-refractivity contribution in [2.24, 2.45) is 0 Å². The number of hydrogen-bond acceptors (Lipinski definition) is 5. The van der Waals surface area contributed by atoms with Crippen LogP contribution in [-0.2, 0) is 6.42 Å². The Labute approximate surface area is 117 Å². The number of nitrogens with zero attached hydrogens (tertiary/aromatic N) is 3. The third-order valence-corrected chi connectivity index (χ3v) is 3.14. The van der Waals surface area contributed by atoms with Gasteiger partial charge in [0.2, 0.25) is 0 Å². The van der Waals surface area contributed by atoms with Crippen LogP contribution in [-0.4, -0.2) is 15.0 Å². The molecule has 0 spiro atoms. The first-order valence-corrected chi connectivity index (χ1v) is 6.68. The highest BCUT2D eigenvalue weighted by Crippen LogP contribution is 2.23. The van der Waals surface area contributed by atoms with E-state index in [4.69, 9.17) is 4.42 Å². The van der Waals surface area contributed by atoms with E-state index in [1.807, 2.05) is 25.1 Å². The van der Waals surface area contributed by atoms with E-state index in [0.717, 1.165) is 34.8 Å². The number of hydrogen-bond donors (Lipinski definition) is 1. The normalized spacial score (nSPS) is 12.5. The second kappa shape index (κ2) is 5.28. The van der Waals surface area contributed by atoms with Crippen molar-refractivity contribution in [3.05, 3.63) is 48.4 Å². The van der Waals surface area contributed by atoms with Crippen molar-refractivity contribution in [2.75, 3.05) is 5.32 Å². The fourth-order valence-electron chi connectivity index (χ4n) is 2.07. The van der Waals surface area contributed by atoms with Gasteiger partial charge in [-0.15, -0.1) is 0 Å². The van der Waals surface area contributed by atoms with Gasteiger partial charge in [0.15, 0.2) is 11.5 Å². The summed E-state index contributed by atoms with van der Waals surface area (Å²) in [5, 5.41) is 3.39. The lowest BCUT2D eigenvalue weighted by Gasteiger charge is -2.13. The molecule has 0 aliphatic heterocycles. The molecular weight excluding hydrogens is 252 g/mol. The largest absolute Gasteiger partial charge is 0.441 e. The molecule has 0 aliphatic rings. The van der Waals surface area contributed by atoms with E-state index in [-0.39, 0.29) is 6.04 Å². The topological polar surface area (TPSA) is 63.8 Å². The van der Waals surface area contributed by atoms with Gasteiger partial charge in [-0.2, -0.15) is 0 Å². The Kier molecular flexibility index (Phi) is 3.33. The van der Waals surface area contributed by atoms with E-state index >= 15 is 0 Å². The summed E-state index contributed by atoms with van der Waals surface area (Å²) >= 11 is 0. The molecule has 102 valence electrons. The van der Waals surface area contributed by atoms with E-state index in [0.29, 0.717) is 0 Å². The Hall–Kier alpha value is -2.43. The number of aromatic nitrogens is 3. The molecule has 2 heterocycles. The van der Waals surface area contributed by atoms with E-state index < -0.39 is 0 Å². The van der Waals surface area contributed by atoms with Gasteiger partial charge in [-0.3, -0.25) is 9.97 Å². The van der Waals surface area contributed by atoms with E-state index in [9.17, 15) is 0 Å². The summed E-state index contributed by atoms with van der Waals surface area (Å²) in [7, 11) is 0. The number of anilines is 1. The second-order valence-electron chi connectivity index (χ2n) is 4.64. The summed E-state index contributed by atoms with van der Waals surface area (Å²) in [5.41, 5.74) is 3.59. The second-order valence-corrected chi connectivity index (χ2v) is 4.64. The molecular formula is C15H16N4O. The maximum absolute atomic E-state index is 5.60. The quantitative estimate of drug-likeness (QED) is 0.786. The van der Waals surface area contributed by atoms with Crippen molar-refractivity contribution in [1.29, 1.82) is 0 Å². The van der Waals surface area contributed by atoms with Gasteiger partial charge in [0.1, 0.15) is 5.52 Å². The fourth-order valence-corrected chi connectivity index (χ4v) is 2.07. The molecule has 1 N–H and O–H groups in total. The van der Waals surface area contributed by atoms with Crippen molar-refractivity contribution in [3.8, 4) is 0 Å². The van der Waals surface area contributed by atoms with Crippen LogP contribution in [0.1, 0.15) is 31.5 Å². The average Bonchev–Trinajstić information content (AvgIpc) is 2.90. The zero-order valence-electron chi connectivity index (χ0n) is 11.5. The Balaban J connectivity index is 1.83. The minimum Gasteiger partial charge on any atom is -0.441 e. The number of oxazole rings is 1. The highest BCUT2D eigenvalue weighted by atomic mass is 16.3. The van der Waals surface area contributed by atoms with Gasteiger partial charge in [0.05, 0.1) is 17.9 Å². The van der Waals surface area contributed by atoms with Gasteiger partial charge in [-0.1, -0.05) is 6.92 Å². The van der Waals surface area contributed by atoms with Crippen LogP contribution >= 0.6 is 0 Å². The van der Waals surface area contributed by atoms with Crippen LogP contribution in [0.15, 0.2) is 41.2 Å². The first-order chi connectivity index (χ1) is 9.76. The maximum atomic E-state index is 5.60. The molecule has 0 fully saturated rings. The van der Waals surface area contributed by atoms with Gasteiger partial charge >= 0.3 is 0 Å². The summed E-state index contributed by atoms with van der Waals surface area (Å²) < 4.78 is 5.60. The van der Waals surface area contributed by atoms with Crippen LogP contribution < -0.4 is 5.32 Å². The van der Waals surface area contributed by atoms with Crippen molar-refractivity contribution in [3.63, 3.8) is 0 Å². The predicted octanol–water partition coefficient (Wildman–Crippen LogP) is 3.35. The zero-order valence-corrected chi connectivity index (χ0v) is 11.5. The minimum atomic E-state index is 0.0821. The molecule has 2 aromatic heterocycles. The lowest BCUT2D eigenvalue weighted by Crippen LogP contribution is -2.08. The Bertz CT molecular complexity index is 708. The number of aryl methyl sites for hydroxylation is 1. The highest BCUT2D eigenvalue weighted by molar-refractivity contribution is 5.77. The zero-order chi connectivity index (χ0) is 13.9. The molecule has 20 heavy (non-hydrogen) atoms. The Morgan fingerprint density at radius 1 is 1.30 bits per heavy atom. The molecule has 0 saturated carbocycles. The number of benzene rings is 1. The molecule has 0 saturated heterocycles. The van der Waals surface area contributed by atoms with E-state index in [1.54, 1.807) is 18.6 Å². The van der Waals surface area contributed by atoms with Gasteiger partial charge in [-0.05, 0) is 25.1 Å². The van der Waals surface area contributed by atoms with Crippen LogP contribution in [0.4, 0.5) is 5.69 Å². The van der Waals surface area contributed by atoms with Gasteiger partial charge in [-0.25, -0.2) is 4.98 Å². The third-order valence-electron chi connectivity index (χ3n) is 3.14. The first kappa shape index (κ1) is 12.6. The average molecular weight is 268 g/mol. The van der Waals surface area contributed by atoms with Crippen molar-refractivity contribution >= 4 is 16.8 Å². The van der Waals surface area contributed by atoms with Crippen molar-refractivity contribution in [1.82, 2.24) is 15.0 Å². The van der Waals surface area contributed by atoms with E-state index in [2.05, 4.69) is 27.2 Å². The molecule has 1 atom stereocenters. The van der Waals surface area contributed by atoms with Crippen molar-refractivity contribution < 1.29 is 4.42 Å². The number of rotatable bonds is 4. The Morgan fingerprint density at radius 2 is 2.20 bits per heavy atom. The molecule has 0 bridgehead atoms. The van der Waals surface area contributed by atoms with Gasteiger partial charge < -0.3 is 9.73 Å². The standard InChI is InChI=1S/C15H16N4O/c1-3-15-19-12-8-11(4-5-14(12)20-15)18-10(2)13-9-16-6-7-17-13/h4-10,18H,3H2,1-2H3. The van der Waals surface area contributed by atoms with Crippen LogP contribution in [0.3, 0.4) is 0 Å². The summed E-state index contributed by atoms with van der Waals surface area (Å²) in [4.78, 5) is 12.8. The predicted molar refractivity (Wildman–Crippen MR) is 77.5 cm³/mol. The summed E-state index contributed by atoms with van der Waals surface area (Å²) in [6.07, 6.45) is 5.93. The maximum Gasteiger partial charge on any atom is 0.195 e. The summed E-state index contributed by atoms with van der Waals surface area (Å²) in [6, 6.07) is 6.00. The van der Waals surface area contributed by atoms with Crippen molar-refractivity contribution in [2.45, 2.75) is 26.3 Å². The monoisotopic (exact) mass is 268 g/mol. The molecule has 5 heteroatoms. The number of fused-ring (bicyclic) bond motifs is 1. The van der Waals surface area contributed by atoms with Gasteiger partial charge in [0, 0.05) is 24.5 Å². The van der Waals surface area contributed by atoms with E-state index in [1.165, 1.54) is 0 Å². The molecule has 0 radical (unpaired) electrons. The molecule has 3 rings (SSSR count). The SMILES string of the molecule is CCc1nc2cc(NC(C)c3cnccn3)ccc2o1. The highest BCUT2D eigenvalue weighted by Gasteiger charge is 2.09. The minimum absolute atomic E-state index is 0.0821. The molecule has 1 aromatic carbocycles. The van der Waals surface area contributed by atoms with Gasteiger partial charge in [0.25, 0.3) is 0 Å². The van der Waals surface area contributed by atoms with Crippen LogP contribution in [0.2, 0.25) is 0 Å². The molecule has 1 unspecified atom stereocenters. The first-order valence-electron chi connectivity index (χ1n) is 6.68. The fraction of sp³-hybridized carbons (Fsp3) is 0.267. The Morgan fingerprint density at radius 3 is 2.95 bits per heavy atom. The summed E-state index contributed by atoms with van der Waals surface area (Å²) in [6.45, 7) is 4.08. The molecule has 5 nitrogen and oxygen atoms in total. The smallest absolute Gasteiger partial charge is 0.195 e. The number of nitrogens with one attached hydrogen (secondary N) is 1. The summed E-state index contributed by atoms with van der Waals surface area (Å²) in [5.74, 6) is 0.763. The van der Waals surface area contributed by atoms with Crippen LogP contribution in [0.25, 0.3) is 11.1 Å². The van der Waals surface area contributed by atoms with Crippen LogP contribution in [0.5, 0.6) is 0 Å². The van der Waals surface area contributed by atoms with Crippen LogP contribution in [0, 0.1) is 0 Å². The third kappa shape index (κ3) is 2.47.